The summed E-state index contributed by atoms with van der Waals surface area (Å²) in [6, 6.07) is 8.83. The van der Waals surface area contributed by atoms with Crippen LogP contribution in [0.1, 0.15) is 32.6 Å². The largest absolute Gasteiger partial charge is 0.382 e. The Hall–Kier alpha value is -1.91. The zero-order chi connectivity index (χ0) is 13.1. The van der Waals surface area contributed by atoms with Gasteiger partial charge in [-0.15, -0.1) is 10.2 Å². The minimum atomic E-state index is 0.602. The summed E-state index contributed by atoms with van der Waals surface area (Å²) in [5.74, 6) is 1.44. The summed E-state index contributed by atoms with van der Waals surface area (Å²) in [7, 11) is 0. The van der Waals surface area contributed by atoms with Gasteiger partial charge in [-0.25, -0.2) is 0 Å². The lowest BCUT2D eigenvalue weighted by molar-refractivity contribution is 0.489. The second-order valence-electron chi connectivity index (χ2n) is 5.17. The average molecular weight is 257 g/mol. The Morgan fingerprint density at radius 3 is 3.11 bits per heavy atom. The van der Waals surface area contributed by atoms with Crippen LogP contribution >= 0.6 is 0 Å². The minimum Gasteiger partial charge on any atom is -0.382 e. The molecule has 1 fully saturated rings. The molecule has 0 aliphatic heterocycles. The number of aromatic amines is 1. The molecule has 2 aromatic rings. The van der Waals surface area contributed by atoms with Crippen LogP contribution in [0.5, 0.6) is 0 Å². The summed E-state index contributed by atoms with van der Waals surface area (Å²) in [4.78, 5) is 0. The molecule has 2 unspecified atom stereocenters. The first-order chi connectivity index (χ1) is 9.36. The van der Waals surface area contributed by atoms with E-state index in [0.29, 0.717) is 11.9 Å². The summed E-state index contributed by atoms with van der Waals surface area (Å²) >= 11 is 0. The smallest absolute Gasteiger partial charge is 0.204 e. The summed E-state index contributed by atoms with van der Waals surface area (Å²) < 4.78 is 0. The van der Waals surface area contributed by atoms with E-state index >= 15 is 0 Å². The molecular weight excluding hydrogens is 238 g/mol. The highest BCUT2D eigenvalue weighted by Gasteiger charge is 2.25. The molecule has 0 amide bonds. The van der Waals surface area contributed by atoms with E-state index in [1.54, 1.807) is 0 Å². The quantitative estimate of drug-likeness (QED) is 0.883. The highest BCUT2D eigenvalue weighted by atomic mass is 15.5. The predicted molar refractivity (Wildman–Crippen MR) is 74.7 cm³/mol. The molecule has 2 N–H and O–H groups in total. The van der Waals surface area contributed by atoms with E-state index in [1.807, 2.05) is 12.1 Å². The normalized spacial score (nSPS) is 22.6. The molecule has 1 aliphatic carbocycles. The van der Waals surface area contributed by atoms with E-state index in [4.69, 9.17) is 0 Å². The van der Waals surface area contributed by atoms with Crippen molar-refractivity contribution in [1.82, 2.24) is 20.6 Å². The van der Waals surface area contributed by atoms with E-state index < -0.39 is 0 Å². The number of hydrogen-bond donors (Lipinski definition) is 2. The maximum atomic E-state index is 4.02. The molecule has 2 atom stereocenters. The van der Waals surface area contributed by atoms with Crippen LogP contribution in [0, 0.1) is 5.92 Å². The van der Waals surface area contributed by atoms with E-state index in [9.17, 15) is 0 Å². The molecule has 19 heavy (non-hydrogen) atoms. The molecule has 1 saturated carbocycles. The number of aromatic nitrogens is 4. The fraction of sp³-hybridized carbons (Fsp3) is 0.500. The number of hydrogen-bond acceptors (Lipinski definition) is 4. The molecule has 5 nitrogen and oxygen atoms in total. The highest BCUT2D eigenvalue weighted by molar-refractivity contribution is 5.62. The molecule has 0 spiro atoms. The van der Waals surface area contributed by atoms with Gasteiger partial charge in [0.05, 0.1) is 0 Å². The second kappa shape index (κ2) is 5.38. The van der Waals surface area contributed by atoms with Gasteiger partial charge in [-0.05, 0) is 36.1 Å². The van der Waals surface area contributed by atoms with Crippen molar-refractivity contribution in [2.75, 3.05) is 5.32 Å². The van der Waals surface area contributed by atoms with Gasteiger partial charge in [0.2, 0.25) is 5.82 Å². The van der Waals surface area contributed by atoms with Crippen LogP contribution in [-0.2, 0) is 0 Å². The van der Waals surface area contributed by atoms with Gasteiger partial charge in [-0.1, -0.05) is 31.9 Å². The topological polar surface area (TPSA) is 66.5 Å². The number of nitrogens with one attached hydrogen (secondary N) is 2. The molecule has 0 saturated heterocycles. The van der Waals surface area contributed by atoms with Crippen molar-refractivity contribution >= 4 is 5.69 Å². The zero-order valence-corrected chi connectivity index (χ0v) is 11.1. The summed E-state index contributed by atoms with van der Waals surface area (Å²) in [6.45, 7) is 2.28. The van der Waals surface area contributed by atoms with Crippen molar-refractivity contribution in [2.45, 2.75) is 38.6 Å². The molecule has 1 heterocycles. The van der Waals surface area contributed by atoms with Crippen LogP contribution in [0.15, 0.2) is 24.3 Å². The van der Waals surface area contributed by atoms with Crippen LogP contribution in [0.25, 0.3) is 11.4 Å². The molecule has 0 bridgehead atoms. The van der Waals surface area contributed by atoms with Gasteiger partial charge in [0.1, 0.15) is 0 Å². The standard InChI is InChI=1S/C14H19N5/c1-2-10-5-4-8-13(10)15-12-7-3-6-11(9-12)14-16-18-19-17-14/h3,6-7,9-10,13,15H,2,4-5,8H2,1H3,(H,16,17,18,19). The number of tetrazole rings is 1. The number of nitrogens with zero attached hydrogens (tertiary/aromatic N) is 3. The van der Waals surface area contributed by atoms with Crippen molar-refractivity contribution in [1.29, 1.82) is 0 Å². The van der Waals surface area contributed by atoms with Crippen LogP contribution in [0.4, 0.5) is 5.69 Å². The van der Waals surface area contributed by atoms with Crippen molar-refractivity contribution in [3.63, 3.8) is 0 Å². The van der Waals surface area contributed by atoms with E-state index in [1.165, 1.54) is 25.7 Å². The Labute approximate surface area is 112 Å². The number of anilines is 1. The Morgan fingerprint density at radius 2 is 2.32 bits per heavy atom. The lowest BCUT2D eigenvalue weighted by atomic mass is 10.0. The SMILES string of the molecule is CCC1CCCC1Nc1cccc(-c2nn[nH]n2)c1. The third-order valence-electron chi connectivity index (χ3n) is 4.00. The first kappa shape index (κ1) is 12.1. The fourth-order valence-electron chi connectivity index (χ4n) is 2.96. The maximum Gasteiger partial charge on any atom is 0.204 e. The van der Waals surface area contributed by atoms with E-state index in [2.05, 4.69) is 45.0 Å². The van der Waals surface area contributed by atoms with E-state index in [-0.39, 0.29) is 0 Å². The summed E-state index contributed by atoms with van der Waals surface area (Å²) in [6.07, 6.45) is 5.20. The maximum absolute atomic E-state index is 4.02. The fourth-order valence-corrected chi connectivity index (χ4v) is 2.96. The Kier molecular flexibility index (Phi) is 3.44. The molecule has 1 aromatic carbocycles. The number of rotatable bonds is 4. The first-order valence-electron chi connectivity index (χ1n) is 6.97. The van der Waals surface area contributed by atoms with E-state index in [0.717, 1.165) is 17.2 Å². The minimum absolute atomic E-state index is 0.602. The van der Waals surface area contributed by atoms with Crippen molar-refractivity contribution < 1.29 is 0 Å². The number of H-pyrrole nitrogens is 1. The van der Waals surface area contributed by atoms with Crippen molar-refractivity contribution in [2.24, 2.45) is 5.92 Å². The van der Waals surface area contributed by atoms with Gasteiger partial charge in [0.15, 0.2) is 0 Å². The molecular formula is C14H19N5. The zero-order valence-electron chi connectivity index (χ0n) is 11.1. The van der Waals surface area contributed by atoms with Gasteiger partial charge >= 0.3 is 0 Å². The van der Waals surface area contributed by atoms with Crippen LogP contribution in [-0.4, -0.2) is 26.7 Å². The predicted octanol–water partition coefficient (Wildman–Crippen LogP) is 2.86. The van der Waals surface area contributed by atoms with Crippen LogP contribution < -0.4 is 5.32 Å². The molecule has 1 aromatic heterocycles. The van der Waals surface area contributed by atoms with Gasteiger partial charge in [-0.2, -0.15) is 5.21 Å². The van der Waals surface area contributed by atoms with Gasteiger partial charge in [0.25, 0.3) is 0 Å². The van der Waals surface area contributed by atoms with Gasteiger partial charge in [-0.3, -0.25) is 0 Å². The lowest BCUT2D eigenvalue weighted by Crippen LogP contribution is -2.23. The monoisotopic (exact) mass is 257 g/mol. The molecule has 100 valence electrons. The Morgan fingerprint density at radius 1 is 1.37 bits per heavy atom. The molecule has 3 rings (SSSR count). The Bertz CT molecular complexity index is 522. The van der Waals surface area contributed by atoms with Gasteiger partial charge < -0.3 is 5.32 Å². The average Bonchev–Trinajstić information content (AvgIpc) is 3.10. The first-order valence-corrected chi connectivity index (χ1v) is 6.97. The highest BCUT2D eigenvalue weighted by Crippen LogP contribution is 2.31. The van der Waals surface area contributed by atoms with Crippen molar-refractivity contribution in [3.8, 4) is 11.4 Å². The van der Waals surface area contributed by atoms with Gasteiger partial charge in [0, 0.05) is 17.3 Å². The third kappa shape index (κ3) is 2.59. The van der Waals surface area contributed by atoms with Crippen LogP contribution in [0.2, 0.25) is 0 Å². The Balaban J connectivity index is 1.76. The summed E-state index contributed by atoms with van der Waals surface area (Å²) in [5.41, 5.74) is 2.14. The summed E-state index contributed by atoms with van der Waals surface area (Å²) in [5, 5.41) is 17.8. The lowest BCUT2D eigenvalue weighted by Gasteiger charge is -2.21. The second-order valence-corrected chi connectivity index (χ2v) is 5.17. The molecule has 1 aliphatic rings. The van der Waals surface area contributed by atoms with Crippen LogP contribution in [0.3, 0.4) is 0 Å². The molecule has 5 heteroatoms. The molecule has 0 radical (unpaired) electrons. The third-order valence-corrected chi connectivity index (χ3v) is 4.00. The van der Waals surface area contributed by atoms with Crippen molar-refractivity contribution in [3.05, 3.63) is 24.3 Å². The number of benzene rings is 1.